The molecule has 3 heterocycles. The van der Waals surface area contributed by atoms with Gasteiger partial charge in [-0.3, -0.25) is 4.79 Å². The van der Waals surface area contributed by atoms with Gasteiger partial charge in [-0.25, -0.2) is 0 Å². The predicted molar refractivity (Wildman–Crippen MR) is 114 cm³/mol. The van der Waals surface area contributed by atoms with Crippen molar-refractivity contribution >= 4 is 22.6 Å². The molecule has 0 saturated carbocycles. The van der Waals surface area contributed by atoms with Gasteiger partial charge in [0.15, 0.2) is 0 Å². The van der Waals surface area contributed by atoms with E-state index in [1.165, 1.54) is 12.1 Å². The predicted octanol–water partition coefficient (Wildman–Crippen LogP) is 4.75. The standard InChI is InChI=1S/C24H23F3N2O3/c25-24(26,27)18-4-5-22-21(9-18)16(8-15-6-7-32-14-15)13-29(22)20-3-1-2-19(10-20)28-11-17(12-28)23(30)31/h1-5,9-10,13,15,17H,6-8,11-12,14H2,(H,30,31). The van der Waals surface area contributed by atoms with E-state index < -0.39 is 17.7 Å². The zero-order valence-corrected chi connectivity index (χ0v) is 17.3. The van der Waals surface area contributed by atoms with Crippen molar-refractivity contribution in [1.29, 1.82) is 0 Å². The molecule has 2 aliphatic heterocycles. The number of anilines is 1. The number of alkyl halides is 3. The number of carboxylic acids is 1. The number of hydrogen-bond donors (Lipinski definition) is 1. The average Bonchev–Trinajstić information content (AvgIpc) is 3.34. The Kier molecular flexibility index (Phi) is 5.12. The summed E-state index contributed by atoms with van der Waals surface area (Å²) >= 11 is 0. The molecule has 2 aliphatic rings. The van der Waals surface area contributed by atoms with Crippen LogP contribution in [0, 0.1) is 11.8 Å². The number of rotatable bonds is 5. The highest BCUT2D eigenvalue weighted by Gasteiger charge is 2.33. The highest BCUT2D eigenvalue weighted by atomic mass is 19.4. The average molecular weight is 444 g/mol. The second kappa shape index (κ2) is 7.85. The van der Waals surface area contributed by atoms with Crippen LogP contribution in [0.1, 0.15) is 17.5 Å². The minimum absolute atomic E-state index is 0.295. The summed E-state index contributed by atoms with van der Waals surface area (Å²) < 4.78 is 47.5. The van der Waals surface area contributed by atoms with Gasteiger partial charge in [0.25, 0.3) is 0 Å². The van der Waals surface area contributed by atoms with Crippen molar-refractivity contribution in [2.45, 2.75) is 19.0 Å². The van der Waals surface area contributed by atoms with Crippen LogP contribution in [0.4, 0.5) is 18.9 Å². The zero-order valence-electron chi connectivity index (χ0n) is 17.3. The summed E-state index contributed by atoms with van der Waals surface area (Å²) in [5, 5.41) is 9.73. The molecular formula is C24H23F3N2O3. The van der Waals surface area contributed by atoms with Gasteiger partial charge in [0.1, 0.15) is 0 Å². The topological polar surface area (TPSA) is 54.7 Å². The molecule has 0 amide bonds. The van der Waals surface area contributed by atoms with E-state index in [4.69, 9.17) is 9.84 Å². The summed E-state index contributed by atoms with van der Waals surface area (Å²) in [7, 11) is 0. The van der Waals surface area contributed by atoms with Crippen molar-refractivity contribution in [3.8, 4) is 5.69 Å². The fourth-order valence-corrected chi connectivity index (χ4v) is 4.59. The monoisotopic (exact) mass is 444 g/mol. The summed E-state index contributed by atoms with van der Waals surface area (Å²) in [6.07, 6.45) is -0.904. The number of carboxylic acid groups (broad SMARTS) is 1. The van der Waals surface area contributed by atoms with Gasteiger partial charge in [-0.1, -0.05) is 6.07 Å². The van der Waals surface area contributed by atoms with Crippen molar-refractivity contribution in [3.63, 3.8) is 0 Å². The van der Waals surface area contributed by atoms with Crippen LogP contribution < -0.4 is 4.90 Å². The summed E-state index contributed by atoms with van der Waals surface area (Å²) in [6.45, 7) is 2.22. The molecule has 0 bridgehead atoms. The molecule has 5 rings (SSSR count). The quantitative estimate of drug-likeness (QED) is 0.617. The van der Waals surface area contributed by atoms with Crippen molar-refractivity contribution in [2.24, 2.45) is 11.8 Å². The molecule has 0 aliphatic carbocycles. The molecule has 5 nitrogen and oxygen atoms in total. The van der Waals surface area contributed by atoms with Crippen molar-refractivity contribution in [3.05, 3.63) is 59.8 Å². The maximum Gasteiger partial charge on any atom is 0.416 e. The number of aromatic nitrogens is 1. The van der Waals surface area contributed by atoms with E-state index in [1.807, 2.05) is 39.9 Å². The van der Waals surface area contributed by atoms with E-state index in [9.17, 15) is 18.0 Å². The number of halogens is 3. The Morgan fingerprint density at radius 1 is 1.12 bits per heavy atom. The lowest BCUT2D eigenvalue weighted by atomic mass is 9.98. The first-order valence-electron chi connectivity index (χ1n) is 10.7. The molecule has 2 saturated heterocycles. The second-order valence-corrected chi connectivity index (χ2v) is 8.65. The fourth-order valence-electron chi connectivity index (χ4n) is 4.59. The van der Waals surface area contributed by atoms with Crippen molar-refractivity contribution < 1.29 is 27.8 Å². The summed E-state index contributed by atoms with van der Waals surface area (Å²) in [5.41, 5.74) is 2.68. The highest BCUT2D eigenvalue weighted by molar-refractivity contribution is 5.87. The van der Waals surface area contributed by atoms with Gasteiger partial charge in [0.2, 0.25) is 0 Å². The van der Waals surface area contributed by atoms with Crippen LogP contribution in [-0.4, -0.2) is 41.9 Å². The van der Waals surface area contributed by atoms with Gasteiger partial charge < -0.3 is 19.3 Å². The Bertz CT molecular complexity index is 1160. The van der Waals surface area contributed by atoms with Crippen LogP contribution >= 0.6 is 0 Å². The maximum absolute atomic E-state index is 13.4. The third kappa shape index (κ3) is 3.83. The maximum atomic E-state index is 13.4. The minimum Gasteiger partial charge on any atom is -0.481 e. The molecule has 2 aromatic carbocycles. The Hall–Kier alpha value is -3.00. The molecular weight excluding hydrogens is 421 g/mol. The molecule has 1 unspecified atom stereocenters. The van der Waals surface area contributed by atoms with Crippen LogP contribution in [0.2, 0.25) is 0 Å². The number of carbonyl (C=O) groups is 1. The van der Waals surface area contributed by atoms with Crippen LogP contribution in [0.5, 0.6) is 0 Å². The van der Waals surface area contributed by atoms with Gasteiger partial charge in [0, 0.05) is 49.3 Å². The lowest BCUT2D eigenvalue weighted by Gasteiger charge is -2.38. The Balaban J connectivity index is 1.53. The number of hydrogen-bond acceptors (Lipinski definition) is 3. The van der Waals surface area contributed by atoms with Crippen LogP contribution in [-0.2, 0) is 22.1 Å². The van der Waals surface area contributed by atoms with Crippen LogP contribution in [0.25, 0.3) is 16.6 Å². The lowest BCUT2D eigenvalue weighted by Crippen LogP contribution is -2.50. The molecule has 0 spiro atoms. The summed E-state index contributed by atoms with van der Waals surface area (Å²) in [5.74, 6) is -0.870. The van der Waals surface area contributed by atoms with Gasteiger partial charge in [-0.05, 0) is 60.7 Å². The third-order valence-corrected chi connectivity index (χ3v) is 6.45. The van der Waals surface area contributed by atoms with Gasteiger partial charge in [-0.15, -0.1) is 0 Å². The van der Waals surface area contributed by atoms with Crippen molar-refractivity contribution in [2.75, 3.05) is 31.2 Å². The summed E-state index contributed by atoms with van der Waals surface area (Å²) in [4.78, 5) is 13.1. The van der Waals surface area contributed by atoms with E-state index in [2.05, 4.69) is 0 Å². The van der Waals surface area contributed by atoms with Crippen LogP contribution in [0.15, 0.2) is 48.7 Å². The van der Waals surface area contributed by atoms with Gasteiger partial charge in [0.05, 0.1) is 17.0 Å². The molecule has 1 aromatic heterocycles. The molecule has 2 fully saturated rings. The van der Waals surface area contributed by atoms with Gasteiger partial charge >= 0.3 is 12.1 Å². The normalized spacial score (nSPS) is 19.5. The van der Waals surface area contributed by atoms with E-state index >= 15 is 0 Å². The number of benzene rings is 2. The first-order chi connectivity index (χ1) is 15.3. The SMILES string of the molecule is O=C(O)C1CN(c2cccc(-n3cc(CC4CCOC4)c4cc(C(F)(F)F)ccc43)c2)C1. The third-order valence-electron chi connectivity index (χ3n) is 6.45. The Morgan fingerprint density at radius 3 is 2.59 bits per heavy atom. The Labute approximate surface area is 183 Å². The molecule has 168 valence electrons. The first kappa shape index (κ1) is 20.9. The number of ether oxygens (including phenoxy) is 1. The van der Waals surface area contributed by atoms with Gasteiger partial charge in [-0.2, -0.15) is 13.2 Å². The molecule has 1 atom stereocenters. The number of nitrogens with zero attached hydrogens (tertiary/aromatic N) is 2. The molecule has 0 radical (unpaired) electrons. The molecule has 8 heteroatoms. The Morgan fingerprint density at radius 2 is 1.91 bits per heavy atom. The van der Waals surface area contributed by atoms with Crippen molar-refractivity contribution in [1.82, 2.24) is 4.57 Å². The molecule has 32 heavy (non-hydrogen) atoms. The smallest absolute Gasteiger partial charge is 0.416 e. The zero-order chi connectivity index (χ0) is 22.5. The number of aliphatic carboxylic acids is 1. The van der Waals surface area contributed by atoms with E-state index in [0.717, 1.165) is 34.9 Å². The summed E-state index contributed by atoms with van der Waals surface area (Å²) in [6, 6.07) is 11.6. The molecule has 3 aromatic rings. The first-order valence-corrected chi connectivity index (χ1v) is 10.7. The van der Waals surface area contributed by atoms with E-state index in [0.29, 0.717) is 44.0 Å². The fraction of sp³-hybridized carbons (Fsp3) is 0.375. The lowest BCUT2D eigenvalue weighted by molar-refractivity contribution is -0.142. The van der Waals surface area contributed by atoms with Crippen LogP contribution in [0.3, 0.4) is 0 Å². The number of fused-ring (bicyclic) bond motifs is 1. The highest BCUT2D eigenvalue weighted by Crippen LogP contribution is 2.36. The minimum atomic E-state index is -4.40. The largest absolute Gasteiger partial charge is 0.481 e. The molecule has 1 N–H and O–H groups in total. The second-order valence-electron chi connectivity index (χ2n) is 8.65. The van der Waals surface area contributed by atoms with E-state index in [1.54, 1.807) is 0 Å². The van der Waals surface area contributed by atoms with E-state index in [-0.39, 0.29) is 5.92 Å².